The molecule has 70 valence electrons. The molecule has 0 saturated carbocycles. The number of hydrogen-bond acceptors (Lipinski definition) is 3. The first kappa shape index (κ1) is 14.0. The van der Waals surface area contributed by atoms with Crippen molar-refractivity contribution in [3.8, 4) is 0 Å². The minimum Gasteiger partial charge on any atom is -0.549 e. The van der Waals surface area contributed by atoms with Crippen LogP contribution in [0.5, 0.6) is 0 Å². The van der Waals surface area contributed by atoms with Gasteiger partial charge in [0.05, 0.1) is 5.97 Å². The summed E-state index contributed by atoms with van der Waals surface area (Å²) in [5.41, 5.74) is 1.15. The third-order valence-corrected chi connectivity index (χ3v) is 2.89. The van der Waals surface area contributed by atoms with Gasteiger partial charge in [-0.25, -0.2) is 0 Å². The van der Waals surface area contributed by atoms with Crippen molar-refractivity contribution >= 4 is 17.7 Å². The molecule has 4 heteroatoms. The Morgan fingerprint density at radius 2 is 2.00 bits per heavy atom. The number of carbonyl (C=O) groups excluding carboxylic acids is 1. The molecule has 0 aliphatic heterocycles. The molecule has 0 bridgehead atoms. The van der Waals surface area contributed by atoms with Crippen LogP contribution in [-0.2, 0) is 4.79 Å². The molecule has 0 aromatic heterocycles. The van der Waals surface area contributed by atoms with Gasteiger partial charge < -0.3 is 9.90 Å². The Hall–Kier alpha value is 0.0400. The van der Waals surface area contributed by atoms with Gasteiger partial charge in [-0.2, -0.15) is 0 Å². The van der Waals surface area contributed by atoms with Crippen molar-refractivity contribution in [2.75, 3.05) is 5.75 Å². The van der Waals surface area contributed by atoms with E-state index in [0.29, 0.717) is 0 Å². The molecule has 14 heavy (non-hydrogen) atoms. The van der Waals surface area contributed by atoms with Gasteiger partial charge in [-0.15, -0.1) is 11.8 Å². The van der Waals surface area contributed by atoms with Gasteiger partial charge in [0.15, 0.2) is 0 Å². The maximum absolute atomic E-state index is 10.2. The van der Waals surface area contributed by atoms with E-state index >= 15 is 0 Å². The van der Waals surface area contributed by atoms with Crippen LogP contribution in [-0.4, -0.2) is 11.7 Å². The van der Waals surface area contributed by atoms with Gasteiger partial charge in [0, 0.05) is 11.0 Å². The summed E-state index contributed by atoms with van der Waals surface area (Å²) < 4.78 is 0. The van der Waals surface area contributed by atoms with Gasteiger partial charge in [0.25, 0.3) is 0 Å². The SMILES string of the molecule is C[C@H](SCC(=O)[O-])c1ccccc1.[Na+]. The number of benzene rings is 1. The molecular weight excluding hydrogens is 207 g/mol. The Balaban J connectivity index is 0.00000169. The number of hydrogen-bond donors (Lipinski definition) is 0. The van der Waals surface area contributed by atoms with Crippen LogP contribution in [0, 0.1) is 0 Å². The molecule has 0 heterocycles. The Labute approximate surface area is 110 Å². The maximum atomic E-state index is 10.2. The number of carboxylic acids is 1. The zero-order valence-electron chi connectivity index (χ0n) is 8.40. The quantitative estimate of drug-likeness (QED) is 0.562. The van der Waals surface area contributed by atoms with E-state index < -0.39 is 5.97 Å². The molecule has 1 rings (SSSR count). The fraction of sp³-hybridized carbons (Fsp3) is 0.300. The molecule has 0 saturated heterocycles. The van der Waals surface area contributed by atoms with E-state index in [2.05, 4.69) is 0 Å². The molecule has 0 N–H and O–H groups in total. The maximum Gasteiger partial charge on any atom is 1.00 e. The van der Waals surface area contributed by atoms with Crippen molar-refractivity contribution in [1.29, 1.82) is 0 Å². The summed E-state index contributed by atoms with van der Waals surface area (Å²) in [6, 6.07) is 9.83. The third kappa shape index (κ3) is 5.05. The Bertz CT molecular complexity index is 277. The predicted molar refractivity (Wildman–Crippen MR) is 52.3 cm³/mol. The van der Waals surface area contributed by atoms with Gasteiger partial charge in [0.2, 0.25) is 0 Å². The first-order chi connectivity index (χ1) is 6.20. The van der Waals surface area contributed by atoms with E-state index in [1.165, 1.54) is 11.8 Å². The van der Waals surface area contributed by atoms with E-state index in [9.17, 15) is 9.90 Å². The monoisotopic (exact) mass is 218 g/mol. The average Bonchev–Trinajstić information content (AvgIpc) is 2.15. The van der Waals surface area contributed by atoms with E-state index in [0.717, 1.165) is 5.56 Å². The molecule has 0 aliphatic rings. The molecule has 1 aromatic rings. The molecule has 1 aromatic carbocycles. The summed E-state index contributed by atoms with van der Waals surface area (Å²) in [5, 5.41) is 10.4. The summed E-state index contributed by atoms with van der Waals surface area (Å²) in [6.07, 6.45) is 0. The second kappa shape index (κ2) is 7.35. The van der Waals surface area contributed by atoms with Crippen LogP contribution in [0.15, 0.2) is 30.3 Å². The second-order valence-corrected chi connectivity index (χ2v) is 4.07. The van der Waals surface area contributed by atoms with Crippen molar-refractivity contribution < 1.29 is 39.5 Å². The minimum absolute atomic E-state index is 0. The zero-order chi connectivity index (χ0) is 9.68. The fourth-order valence-electron chi connectivity index (χ4n) is 1.01. The van der Waals surface area contributed by atoms with E-state index in [1.807, 2.05) is 37.3 Å². The van der Waals surface area contributed by atoms with Crippen molar-refractivity contribution in [3.63, 3.8) is 0 Å². The minimum atomic E-state index is -1.01. The van der Waals surface area contributed by atoms with Gasteiger partial charge in [-0.3, -0.25) is 0 Å². The number of carbonyl (C=O) groups is 1. The number of thioether (sulfide) groups is 1. The largest absolute Gasteiger partial charge is 1.00 e. The van der Waals surface area contributed by atoms with Crippen LogP contribution in [0.25, 0.3) is 0 Å². The molecule has 2 nitrogen and oxygen atoms in total. The molecule has 0 aliphatic carbocycles. The van der Waals surface area contributed by atoms with E-state index in [1.54, 1.807) is 0 Å². The summed E-state index contributed by atoms with van der Waals surface area (Å²) in [7, 11) is 0. The second-order valence-electron chi connectivity index (χ2n) is 2.74. The summed E-state index contributed by atoms with van der Waals surface area (Å²) in [4.78, 5) is 10.2. The molecule has 0 amide bonds. The number of rotatable bonds is 4. The summed E-state index contributed by atoms with van der Waals surface area (Å²) in [5.74, 6) is -0.955. The van der Waals surface area contributed by atoms with Crippen LogP contribution in [0.2, 0.25) is 0 Å². The molecule has 0 unspecified atom stereocenters. The Morgan fingerprint density at radius 3 is 2.50 bits per heavy atom. The number of aliphatic carboxylic acids is 1. The smallest absolute Gasteiger partial charge is 0.549 e. The molecular formula is C10H11NaO2S. The predicted octanol–water partition coefficient (Wildman–Crippen LogP) is -1.77. The zero-order valence-corrected chi connectivity index (χ0v) is 11.2. The molecule has 0 fully saturated rings. The molecule has 0 radical (unpaired) electrons. The number of carboxylic acid groups (broad SMARTS) is 1. The van der Waals surface area contributed by atoms with Gasteiger partial charge in [0.1, 0.15) is 0 Å². The topological polar surface area (TPSA) is 40.1 Å². The normalized spacial score (nSPS) is 11.5. The third-order valence-electron chi connectivity index (χ3n) is 1.72. The van der Waals surface area contributed by atoms with E-state index in [-0.39, 0.29) is 40.6 Å². The first-order valence-electron chi connectivity index (χ1n) is 4.06. The van der Waals surface area contributed by atoms with Gasteiger partial charge >= 0.3 is 29.6 Å². The van der Waals surface area contributed by atoms with Crippen molar-refractivity contribution in [2.45, 2.75) is 12.2 Å². The summed E-state index contributed by atoms with van der Waals surface area (Å²) >= 11 is 1.38. The standard InChI is InChI=1S/C10H12O2S.Na/c1-8(13-7-10(11)12)9-5-3-2-4-6-9;/h2-6,8H,7H2,1H3,(H,11,12);/q;+1/p-1/t8-;/m0./s1. The van der Waals surface area contributed by atoms with Crippen molar-refractivity contribution in [2.24, 2.45) is 0 Å². The van der Waals surface area contributed by atoms with Crippen LogP contribution >= 0.6 is 11.8 Å². The Morgan fingerprint density at radius 1 is 1.43 bits per heavy atom. The van der Waals surface area contributed by atoms with Gasteiger partial charge in [-0.05, 0) is 12.5 Å². The average molecular weight is 218 g/mol. The Kier molecular flexibility index (Phi) is 7.37. The van der Waals surface area contributed by atoms with Crippen molar-refractivity contribution in [3.05, 3.63) is 35.9 Å². The molecule has 1 atom stereocenters. The van der Waals surface area contributed by atoms with Crippen LogP contribution < -0.4 is 34.7 Å². The summed E-state index contributed by atoms with van der Waals surface area (Å²) in [6.45, 7) is 1.99. The van der Waals surface area contributed by atoms with Gasteiger partial charge in [-0.1, -0.05) is 30.3 Å². The first-order valence-corrected chi connectivity index (χ1v) is 5.11. The van der Waals surface area contributed by atoms with Crippen molar-refractivity contribution in [1.82, 2.24) is 0 Å². The molecule has 0 spiro atoms. The van der Waals surface area contributed by atoms with Crippen LogP contribution in [0.4, 0.5) is 0 Å². The van der Waals surface area contributed by atoms with Crippen LogP contribution in [0.3, 0.4) is 0 Å². The van der Waals surface area contributed by atoms with E-state index in [4.69, 9.17) is 0 Å². The van der Waals surface area contributed by atoms with Crippen LogP contribution in [0.1, 0.15) is 17.7 Å². The fourth-order valence-corrected chi connectivity index (χ4v) is 1.75.